The Kier molecular flexibility index (Phi) is 3.21. The van der Waals surface area contributed by atoms with E-state index in [0.717, 1.165) is 29.2 Å². The average molecular weight is 289 g/mol. The van der Waals surface area contributed by atoms with Crippen molar-refractivity contribution in [2.45, 2.75) is 51.1 Å². The summed E-state index contributed by atoms with van der Waals surface area (Å²) >= 11 is 0. The van der Waals surface area contributed by atoms with Gasteiger partial charge in [-0.2, -0.15) is 0 Å². The van der Waals surface area contributed by atoms with Gasteiger partial charge in [-0.25, -0.2) is 4.39 Å². The fourth-order valence-corrected chi connectivity index (χ4v) is 5.55. The van der Waals surface area contributed by atoms with E-state index in [2.05, 4.69) is 12.2 Å². The predicted octanol–water partition coefficient (Wildman–Crippen LogP) is 4.01. The van der Waals surface area contributed by atoms with Gasteiger partial charge in [0.25, 0.3) is 0 Å². The van der Waals surface area contributed by atoms with Crippen LogP contribution in [0.2, 0.25) is 0 Å². The summed E-state index contributed by atoms with van der Waals surface area (Å²) in [6, 6.07) is 5.00. The summed E-state index contributed by atoms with van der Waals surface area (Å²) in [6.07, 6.45) is 6.98. The molecule has 6 unspecified atom stereocenters. The number of nitrogens with one attached hydrogen (secondary N) is 1. The number of hydrogen-bond donors (Lipinski definition) is 2. The van der Waals surface area contributed by atoms with Crippen molar-refractivity contribution in [3.05, 3.63) is 29.6 Å². The highest BCUT2D eigenvalue weighted by atomic mass is 19.1. The van der Waals surface area contributed by atoms with Gasteiger partial charge >= 0.3 is 0 Å². The standard InChI is InChI=1S/C18H24FNO/c1-10(13-6-5-12(19)9-18(13)21)20-17-8-11-7-16(17)15-4-2-3-14(11)15/h5-6,9-11,14-17,20-21H,2-4,7-8H2,1H3. The number of aromatic hydroxyl groups is 1. The Bertz CT molecular complexity index is 546. The Morgan fingerprint density at radius 1 is 1.19 bits per heavy atom. The van der Waals surface area contributed by atoms with Gasteiger partial charge in [-0.05, 0) is 62.3 Å². The van der Waals surface area contributed by atoms with E-state index in [9.17, 15) is 9.50 Å². The molecule has 3 aliphatic carbocycles. The molecule has 0 aromatic heterocycles. The lowest BCUT2D eigenvalue weighted by molar-refractivity contribution is 0.199. The van der Waals surface area contributed by atoms with Gasteiger partial charge in [0.05, 0.1) is 0 Å². The molecular weight excluding hydrogens is 265 g/mol. The van der Waals surface area contributed by atoms with Crippen LogP contribution in [0.5, 0.6) is 5.75 Å². The summed E-state index contributed by atoms with van der Waals surface area (Å²) in [5.41, 5.74) is 0.808. The fourth-order valence-electron chi connectivity index (χ4n) is 5.55. The van der Waals surface area contributed by atoms with Crippen molar-refractivity contribution in [2.24, 2.45) is 23.7 Å². The lowest BCUT2D eigenvalue weighted by atomic mass is 9.79. The van der Waals surface area contributed by atoms with Gasteiger partial charge in [0.2, 0.25) is 0 Å². The minimum absolute atomic E-state index is 0.0666. The molecular formula is C18H24FNO. The summed E-state index contributed by atoms with van der Waals surface area (Å²) < 4.78 is 13.1. The summed E-state index contributed by atoms with van der Waals surface area (Å²) in [5, 5.41) is 13.7. The van der Waals surface area contributed by atoms with Crippen molar-refractivity contribution in [3.63, 3.8) is 0 Å². The zero-order chi connectivity index (χ0) is 14.6. The zero-order valence-corrected chi connectivity index (χ0v) is 12.6. The number of fused-ring (bicyclic) bond motifs is 5. The summed E-state index contributed by atoms with van der Waals surface area (Å²) in [5.74, 6) is 3.38. The molecule has 3 saturated carbocycles. The fraction of sp³-hybridized carbons (Fsp3) is 0.667. The molecule has 0 aliphatic heterocycles. The molecule has 2 bridgehead atoms. The van der Waals surface area contributed by atoms with Gasteiger partial charge in [0, 0.05) is 23.7 Å². The first-order chi connectivity index (χ1) is 10.1. The lowest BCUT2D eigenvalue weighted by Gasteiger charge is -2.34. The van der Waals surface area contributed by atoms with Crippen LogP contribution < -0.4 is 5.32 Å². The van der Waals surface area contributed by atoms with Crippen LogP contribution in [-0.4, -0.2) is 11.1 Å². The number of benzene rings is 1. The number of rotatable bonds is 3. The molecule has 3 heteroatoms. The molecule has 0 spiro atoms. The maximum absolute atomic E-state index is 13.1. The van der Waals surface area contributed by atoms with Crippen molar-refractivity contribution in [1.29, 1.82) is 0 Å². The minimum atomic E-state index is -0.378. The average Bonchev–Trinajstić information content (AvgIpc) is 3.09. The van der Waals surface area contributed by atoms with Crippen LogP contribution in [-0.2, 0) is 0 Å². The normalized spacial score (nSPS) is 38.7. The molecule has 0 heterocycles. The largest absolute Gasteiger partial charge is 0.508 e. The van der Waals surface area contributed by atoms with Crippen LogP contribution in [0.15, 0.2) is 18.2 Å². The van der Waals surface area contributed by atoms with Crippen molar-refractivity contribution >= 4 is 0 Å². The molecule has 3 fully saturated rings. The first-order valence-corrected chi connectivity index (χ1v) is 8.38. The van der Waals surface area contributed by atoms with E-state index in [-0.39, 0.29) is 17.6 Å². The zero-order valence-electron chi connectivity index (χ0n) is 12.6. The molecule has 21 heavy (non-hydrogen) atoms. The highest BCUT2D eigenvalue weighted by molar-refractivity contribution is 5.35. The molecule has 1 aromatic carbocycles. The van der Waals surface area contributed by atoms with Gasteiger partial charge in [0.1, 0.15) is 11.6 Å². The number of halogens is 1. The van der Waals surface area contributed by atoms with Crippen LogP contribution in [0, 0.1) is 29.5 Å². The highest BCUT2D eigenvalue weighted by Gasteiger charge is 2.53. The Morgan fingerprint density at radius 3 is 2.81 bits per heavy atom. The first-order valence-electron chi connectivity index (χ1n) is 8.38. The second-order valence-electron chi connectivity index (χ2n) is 7.35. The maximum atomic E-state index is 13.1. The molecule has 1 aromatic rings. The quantitative estimate of drug-likeness (QED) is 0.881. The predicted molar refractivity (Wildman–Crippen MR) is 80.4 cm³/mol. The van der Waals surface area contributed by atoms with Crippen molar-refractivity contribution in [2.75, 3.05) is 0 Å². The number of phenols is 1. The Balaban J connectivity index is 1.47. The number of phenolic OH excluding ortho intramolecular Hbond substituents is 1. The third-order valence-electron chi connectivity index (χ3n) is 6.35. The van der Waals surface area contributed by atoms with Gasteiger partial charge in [-0.1, -0.05) is 12.5 Å². The highest BCUT2D eigenvalue weighted by Crippen LogP contribution is 2.58. The summed E-state index contributed by atoms with van der Waals surface area (Å²) in [6.45, 7) is 2.07. The van der Waals surface area contributed by atoms with E-state index < -0.39 is 0 Å². The lowest BCUT2D eigenvalue weighted by Crippen LogP contribution is -2.40. The molecule has 0 radical (unpaired) electrons. The Labute approximate surface area is 125 Å². The Hall–Kier alpha value is -1.09. The Morgan fingerprint density at radius 2 is 2.00 bits per heavy atom. The van der Waals surface area contributed by atoms with Crippen LogP contribution in [0.4, 0.5) is 4.39 Å². The second-order valence-corrected chi connectivity index (χ2v) is 7.35. The topological polar surface area (TPSA) is 32.3 Å². The molecule has 6 atom stereocenters. The van der Waals surface area contributed by atoms with Crippen molar-refractivity contribution in [1.82, 2.24) is 5.32 Å². The minimum Gasteiger partial charge on any atom is -0.508 e. The van der Waals surface area contributed by atoms with Gasteiger partial charge in [-0.3, -0.25) is 0 Å². The van der Waals surface area contributed by atoms with E-state index in [1.54, 1.807) is 6.07 Å². The van der Waals surface area contributed by atoms with E-state index in [1.165, 1.54) is 44.2 Å². The molecule has 2 N–H and O–H groups in total. The van der Waals surface area contributed by atoms with E-state index in [1.807, 2.05) is 0 Å². The second kappa shape index (κ2) is 4.98. The van der Waals surface area contributed by atoms with Crippen LogP contribution >= 0.6 is 0 Å². The van der Waals surface area contributed by atoms with Gasteiger partial charge in [-0.15, -0.1) is 0 Å². The smallest absolute Gasteiger partial charge is 0.126 e. The number of hydrogen-bond acceptors (Lipinski definition) is 2. The van der Waals surface area contributed by atoms with Crippen molar-refractivity contribution in [3.8, 4) is 5.75 Å². The molecule has 3 aliphatic rings. The van der Waals surface area contributed by atoms with Crippen LogP contribution in [0.1, 0.15) is 50.6 Å². The monoisotopic (exact) mass is 289 g/mol. The third kappa shape index (κ3) is 2.17. The summed E-state index contributed by atoms with van der Waals surface area (Å²) in [7, 11) is 0. The van der Waals surface area contributed by atoms with Crippen LogP contribution in [0.25, 0.3) is 0 Å². The van der Waals surface area contributed by atoms with E-state index in [4.69, 9.17) is 0 Å². The summed E-state index contributed by atoms with van der Waals surface area (Å²) in [4.78, 5) is 0. The first kappa shape index (κ1) is 13.6. The molecule has 2 nitrogen and oxygen atoms in total. The third-order valence-corrected chi connectivity index (χ3v) is 6.35. The van der Waals surface area contributed by atoms with Gasteiger partial charge in [0.15, 0.2) is 0 Å². The molecule has 0 saturated heterocycles. The van der Waals surface area contributed by atoms with E-state index in [0.29, 0.717) is 6.04 Å². The molecule has 0 amide bonds. The molecule has 114 valence electrons. The SMILES string of the molecule is CC(NC1CC2CC1C1CCCC21)c1ccc(F)cc1O. The maximum Gasteiger partial charge on any atom is 0.126 e. The van der Waals surface area contributed by atoms with E-state index >= 15 is 0 Å². The van der Waals surface area contributed by atoms with Crippen LogP contribution in [0.3, 0.4) is 0 Å². The van der Waals surface area contributed by atoms with Crippen molar-refractivity contribution < 1.29 is 9.50 Å². The van der Waals surface area contributed by atoms with Gasteiger partial charge < -0.3 is 10.4 Å². The molecule has 4 rings (SSSR count).